The van der Waals surface area contributed by atoms with E-state index in [0.29, 0.717) is 5.56 Å². The van der Waals surface area contributed by atoms with E-state index in [0.717, 1.165) is 0 Å². The quantitative estimate of drug-likeness (QED) is 0.190. The van der Waals surface area contributed by atoms with E-state index in [-0.39, 0.29) is 12.2 Å². The van der Waals surface area contributed by atoms with Crippen LogP contribution in [0.4, 0.5) is 0 Å². The van der Waals surface area contributed by atoms with Gasteiger partial charge in [-0.25, -0.2) is 4.79 Å². The van der Waals surface area contributed by atoms with Crippen LogP contribution in [0.25, 0.3) is 0 Å². The normalized spacial score (nSPS) is 14.5. The highest BCUT2D eigenvalue weighted by molar-refractivity contribution is 5.95. The van der Waals surface area contributed by atoms with E-state index in [1.165, 1.54) is 12.1 Å². The second-order valence-corrected chi connectivity index (χ2v) is 8.93. The molecule has 0 aliphatic heterocycles. The predicted molar refractivity (Wildman–Crippen MR) is 125 cm³/mol. The number of phenols is 1. The minimum atomic E-state index is -1.57. The zero-order valence-electron chi connectivity index (χ0n) is 20.1. The largest absolute Gasteiger partial charge is 0.508 e. The van der Waals surface area contributed by atoms with Gasteiger partial charge in [0, 0.05) is 0 Å². The van der Waals surface area contributed by atoms with Crippen molar-refractivity contribution in [2.75, 3.05) is 0 Å². The van der Waals surface area contributed by atoms with Gasteiger partial charge in [-0.15, -0.1) is 0 Å². The molecule has 4 atom stereocenters. The molecule has 3 amide bonds. The predicted octanol–water partition coefficient (Wildman–Crippen LogP) is -0.412. The molecule has 0 saturated heterocycles. The number of nitrogens with two attached hydrogens (primary N) is 1. The second kappa shape index (κ2) is 13.3. The van der Waals surface area contributed by atoms with Crippen LogP contribution in [-0.2, 0) is 30.4 Å². The average Bonchev–Trinajstić information content (AvgIpc) is 2.75. The number of benzene rings is 1. The van der Waals surface area contributed by atoms with Crippen LogP contribution in [0.3, 0.4) is 0 Å². The van der Waals surface area contributed by atoms with Crippen molar-refractivity contribution in [3.8, 4) is 5.75 Å². The Balaban J connectivity index is 2.93. The fraction of sp³-hybridized carbons (Fsp3) is 0.522. The number of carbonyl (C=O) groups is 5. The lowest BCUT2D eigenvalue weighted by molar-refractivity contribution is -0.144. The van der Waals surface area contributed by atoms with Crippen molar-refractivity contribution in [1.82, 2.24) is 16.0 Å². The fourth-order valence-electron chi connectivity index (χ4n) is 3.19. The topological polar surface area (TPSA) is 208 Å². The summed E-state index contributed by atoms with van der Waals surface area (Å²) < 4.78 is 0. The van der Waals surface area contributed by atoms with Gasteiger partial charge >= 0.3 is 11.9 Å². The number of rotatable bonds is 13. The summed E-state index contributed by atoms with van der Waals surface area (Å²) in [6.07, 6.45) is -0.657. The van der Waals surface area contributed by atoms with Crippen LogP contribution in [0.1, 0.15) is 39.7 Å². The number of nitrogens with one attached hydrogen (secondary N) is 3. The first-order valence-corrected chi connectivity index (χ1v) is 11.1. The minimum absolute atomic E-state index is 0.0614. The summed E-state index contributed by atoms with van der Waals surface area (Å²) in [5.74, 6) is -6.00. The van der Waals surface area contributed by atoms with Gasteiger partial charge in [-0.3, -0.25) is 19.2 Å². The summed E-state index contributed by atoms with van der Waals surface area (Å²) in [6.45, 7) is 6.41. The zero-order chi connectivity index (χ0) is 26.9. The Bertz CT molecular complexity index is 917. The third-order valence-electron chi connectivity index (χ3n) is 5.22. The maximum absolute atomic E-state index is 12.9. The molecule has 0 heterocycles. The Kier molecular flexibility index (Phi) is 11.1. The van der Waals surface area contributed by atoms with Gasteiger partial charge in [-0.05, 0) is 36.0 Å². The van der Waals surface area contributed by atoms with Crippen LogP contribution in [0.15, 0.2) is 24.3 Å². The summed E-state index contributed by atoms with van der Waals surface area (Å²) >= 11 is 0. The third kappa shape index (κ3) is 9.61. The number of hydrogen-bond donors (Lipinski definition) is 7. The van der Waals surface area contributed by atoms with Crippen molar-refractivity contribution in [3.05, 3.63) is 29.8 Å². The Morgan fingerprint density at radius 2 is 1.31 bits per heavy atom. The van der Waals surface area contributed by atoms with Crippen LogP contribution >= 0.6 is 0 Å². The lowest BCUT2D eigenvalue weighted by Crippen LogP contribution is -2.59. The molecule has 194 valence electrons. The van der Waals surface area contributed by atoms with Crippen molar-refractivity contribution < 1.29 is 39.3 Å². The fourth-order valence-corrected chi connectivity index (χ4v) is 3.19. The first-order chi connectivity index (χ1) is 16.2. The van der Waals surface area contributed by atoms with Crippen molar-refractivity contribution in [2.24, 2.45) is 17.6 Å². The van der Waals surface area contributed by atoms with E-state index in [4.69, 9.17) is 5.73 Å². The van der Waals surface area contributed by atoms with Crippen molar-refractivity contribution in [1.29, 1.82) is 0 Å². The van der Waals surface area contributed by atoms with E-state index in [9.17, 15) is 39.3 Å². The van der Waals surface area contributed by atoms with Crippen molar-refractivity contribution >= 4 is 29.7 Å². The number of carboxylic acids is 2. The molecule has 0 aliphatic carbocycles. The molecule has 0 aliphatic rings. The number of aromatic hydroxyl groups is 1. The number of amides is 3. The Hall–Kier alpha value is -3.67. The molecule has 1 rings (SSSR count). The summed E-state index contributed by atoms with van der Waals surface area (Å²) in [7, 11) is 0. The first-order valence-electron chi connectivity index (χ1n) is 11.1. The molecule has 0 radical (unpaired) electrons. The molecule has 0 bridgehead atoms. The molecule has 12 nitrogen and oxygen atoms in total. The van der Waals surface area contributed by atoms with Gasteiger partial charge < -0.3 is 37.0 Å². The van der Waals surface area contributed by atoms with E-state index in [2.05, 4.69) is 16.0 Å². The summed E-state index contributed by atoms with van der Waals surface area (Å²) in [6, 6.07) is 1.10. The van der Waals surface area contributed by atoms with Crippen molar-refractivity contribution in [3.63, 3.8) is 0 Å². The van der Waals surface area contributed by atoms with E-state index in [1.807, 2.05) is 0 Å². The lowest BCUT2D eigenvalue weighted by Gasteiger charge is -2.27. The maximum Gasteiger partial charge on any atom is 0.326 e. The van der Waals surface area contributed by atoms with E-state index >= 15 is 0 Å². The Morgan fingerprint density at radius 1 is 0.800 bits per heavy atom. The molecule has 0 spiro atoms. The van der Waals surface area contributed by atoms with Crippen LogP contribution in [0.2, 0.25) is 0 Å². The molecule has 0 saturated carbocycles. The standard InChI is InChI=1S/C23H34N4O8/c1-11(2)18(26-20(31)15(24)9-13-5-7-14(28)8-6-13)22(33)25-16(10-17(29)30)21(32)27-19(12(3)4)23(34)35/h5-8,11-12,15-16,18-19,28H,9-10,24H2,1-4H3,(H,25,33)(H,26,31)(H,27,32)(H,29,30)(H,34,35). The number of carboxylic acid groups (broad SMARTS) is 2. The highest BCUT2D eigenvalue weighted by Gasteiger charge is 2.33. The Morgan fingerprint density at radius 3 is 1.77 bits per heavy atom. The lowest BCUT2D eigenvalue weighted by atomic mass is 10.00. The zero-order valence-corrected chi connectivity index (χ0v) is 20.1. The number of hydrogen-bond acceptors (Lipinski definition) is 7. The van der Waals surface area contributed by atoms with Gasteiger partial charge in [-0.2, -0.15) is 0 Å². The van der Waals surface area contributed by atoms with Crippen LogP contribution in [-0.4, -0.2) is 69.1 Å². The van der Waals surface area contributed by atoms with Crippen LogP contribution < -0.4 is 21.7 Å². The van der Waals surface area contributed by atoms with Gasteiger partial charge in [0.15, 0.2) is 0 Å². The van der Waals surface area contributed by atoms with Crippen molar-refractivity contribution in [2.45, 2.75) is 64.7 Å². The smallest absolute Gasteiger partial charge is 0.326 e. The van der Waals surface area contributed by atoms with Gasteiger partial charge in [-0.1, -0.05) is 39.8 Å². The van der Waals surface area contributed by atoms with E-state index < -0.39 is 72.1 Å². The minimum Gasteiger partial charge on any atom is -0.508 e. The van der Waals surface area contributed by atoms with Gasteiger partial charge in [0.25, 0.3) is 0 Å². The van der Waals surface area contributed by atoms with Gasteiger partial charge in [0.05, 0.1) is 12.5 Å². The molecular formula is C23H34N4O8. The van der Waals surface area contributed by atoms with Crippen LogP contribution in [0, 0.1) is 11.8 Å². The second-order valence-electron chi connectivity index (χ2n) is 8.93. The molecule has 8 N–H and O–H groups in total. The molecule has 1 aromatic carbocycles. The molecule has 12 heteroatoms. The summed E-state index contributed by atoms with van der Waals surface area (Å²) in [4.78, 5) is 60.8. The molecule has 35 heavy (non-hydrogen) atoms. The molecule has 1 aromatic rings. The SMILES string of the molecule is CC(C)C(NC(=O)C(CC(=O)O)NC(=O)C(NC(=O)C(N)Cc1ccc(O)cc1)C(C)C)C(=O)O. The molecule has 0 fully saturated rings. The Labute approximate surface area is 203 Å². The molecular weight excluding hydrogens is 460 g/mol. The highest BCUT2D eigenvalue weighted by atomic mass is 16.4. The molecule has 0 aromatic heterocycles. The third-order valence-corrected chi connectivity index (χ3v) is 5.22. The van der Waals surface area contributed by atoms with E-state index in [1.54, 1.807) is 39.8 Å². The average molecular weight is 495 g/mol. The summed E-state index contributed by atoms with van der Waals surface area (Å²) in [5, 5.41) is 34.9. The van der Waals surface area contributed by atoms with Gasteiger partial charge in [0.2, 0.25) is 17.7 Å². The number of phenolic OH excluding ortho intramolecular Hbond substituents is 1. The first kappa shape index (κ1) is 29.4. The number of carbonyl (C=O) groups excluding carboxylic acids is 3. The van der Waals surface area contributed by atoms with Gasteiger partial charge in [0.1, 0.15) is 23.9 Å². The van der Waals surface area contributed by atoms with Crippen LogP contribution in [0.5, 0.6) is 5.75 Å². The number of aliphatic carboxylic acids is 2. The highest BCUT2D eigenvalue weighted by Crippen LogP contribution is 2.12. The monoisotopic (exact) mass is 494 g/mol. The summed E-state index contributed by atoms with van der Waals surface area (Å²) in [5.41, 5.74) is 6.65. The maximum atomic E-state index is 12.9. The molecule has 4 unspecified atom stereocenters.